The highest BCUT2D eigenvalue weighted by atomic mass is 32.2. The van der Waals surface area contributed by atoms with Crippen molar-refractivity contribution >= 4 is 9.84 Å². The van der Waals surface area contributed by atoms with Crippen molar-refractivity contribution in [1.82, 2.24) is 5.32 Å². The van der Waals surface area contributed by atoms with Crippen molar-refractivity contribution in [2.45, 2.75) is 51.6 Å². The van der Waals surface area contributed by atoms with Crippen LogP contribution in [0.1, 0.15) is 39.5 Å². The van der Waals surface area contributed by atoms with Gasteiger partial charge in [-0.25, -0.2) is 8.42 Å². The van der Waals surface area contributed by atoms with Crippen molar-refractivity contribution < 1.29 is 8.42 Å². The van der Waals surface area contributed by atoms with Gasteiger partial charge in [-0.3, -0.25) is 0 Å². The minimum Gasteiger partial charge on any atom is -0.310 e. The van der Waals surface area contributed by atoms with Gasteiger partial charge in [0.2, 0.25) is 0 Å². The molecule has 15 heavy (non-hydrogen) atoms. The van der Waals surface area contributed by atoms with E-state index in [1.165, 1.54) is 31.9 Å². The first kappa shape index (κ1) is 13.0. The van der Waals surface area contributed by atoms with E-state index < -0.39 is 9.84 Å². The Balaban J connectivity index is 2.29. The van der Waals surface area contributed by atoms with E-state index in [0.29, 0.717) is 6.04 Å². The van der Waals surface area contributed by atoms with E-state index in [9.17, 15) is 8.42 Å². The Labute approximate surface area is 93.6 Å². The second-order valence-electron chi connectivity index (χ2n) is 5.12. The van der Waals surface area contributed by atoms with Gasteiger partial charge in [0, 0.05) is 18.3 Å². The molecule has 0 radical (unpaired) electrons. The predicted molar refractivity (Wildman–Crippen MR) is 63.7 cm³/mol. The van der Waals surface area contributed by atoms with Crippen LogP contribution in [0.4, 0.5) is 0 Å². The summed E-state index contributed by atoms with van der Waals surface area (Å²) in [6, 6.07) is 0.608. The van der Waals surface area contributed by atoms with Crippen LogP contribution in [0.15, 0.2) is 0 Å². The SMILES string of the molecule is CC1CCC(NC(C)CS(C)(=O)=O)CC1. The lowest BCUT2D eigenvalue weighted by atomic mass is 9.87. The molecule has 1 N–H and O–H groups in total. The molecule has 1 rings (SSSR count). The van der Waals surface area contributed by atoms with Crippen molar-refractivity contribution in [3.63, 3.8) is 0 Å². The highest BCUT2D eigenvalue weighted by Crippen LogP contribution is 2.23. The van der Waals surface area contributed by atoms with E-state index >= 15 is 0 Å². The van der Waals surface area contributed by atoms with Gasteiger partial charge in [0.1, 0.15) is 9.84 Å². The average Bonchev–Trinajstić information content (AvgIpc) is 2.05. The van der Waals surface area contributed by atoms with Gasteiger partial charge in [-0.15, -0.1) is 0 Å². The van der Waals surface area contributed by atoms with E-state index in [1.807, 2.05) is 6.92 Å². The van der Waals surface area contributed by atoms with E-state index in [-0.39, 0.29) is 11.8 Å². The molecule has 4 heteroatoms. The third-order valence-corrected chi connectivity index (χ3v) is 4.19. The number of hydrogen-bond donors (Lipinski definition) is 1. The monoisotopic (exact) mass is 233 g/mol. The molecule has 0 spiro atoms. The summed E-state index contributed by atoms with van der Waals surface area (Å²) in [5.74, 6) is 1.09. The Morgan fingerprint density at radius 1 is 1.27 bits per heavy atom. The van der Waals surface area contributed by atoms with Crippen LogP contribution in [-0.2, 0) is 9.84 Å². The van der Waals surface area contributed by atoms with Crippen molar-refractivity contribution in [2.75, 3.05) is 12.0 Å². The lowest BCUT2D eigenvalue weighted by Crippen LogP contribution is -2.42. The molecule has 1 atom stereocenters. The molecule has 0 amide bonds. The molecule has 0 aromatic heterocycles. The van der Waals surface area contributed by atoms with E-state index in [2.05, 4.69) is 12.2 Å². The van der Waals surface area contributed by atoms with Crippen molar-refractivity contribution in [3.8, 4) is 0 Å². The van der Waals surface area contributed by atoms with E-state index in [1.54, 1.807) is 0 Å². The van der Waals surface area contributed by atoms with Gasteiger partial charge in [-0.05, 0) is 38.5 Å². The van der Waals surface area contributed by atoms with Crippen molar-refractivity contribution in [1.29, 1.82) is 0 Å². The molecule has 1 unspecified atom stereocenters. The zero-order valence-electron chi connectivity index (χ0n) is 9.99. The summed E-state index contributed by atoms with van der Waals surface area (Å²) in [5.41, 5.74) is 0. The first-order valence-electron chi connectivity index (χ1n) is 5.80. The number of hydrogen-bond acceptors (Lipinski definition) is 3. The van der Waals surface area contributed by atoms with Gasteiger partial charge >= 0.3 is 0 Å². The summed E-state index contributed by atoms with van der Waals surface area (Å²) < 4.78 is 22.2. The Morgan fingerprint density at radius 2 is 1.80 bits per heavy atom. The molecule has 1 aliphatic carbocycles. The third kappa shape index (κ3) is 5.52. The van der Waals surface area contributed by atoms with Crippen LogP contribution in [0.3, 0.4) is 0 Å². The summed E-state index contributed by atoms with van der Waals surface area (Å²) in [5, 5.41) is 3.42. The topological polar surface area (TPSA) is 46.2 Å². The summed E-state index contributed by atoms with van der Waals surface area (Å²) in [4.78, 5) is 0. The fraction of sp³-hybridized carbons (Fsp3) is 1.00. The van der Waals surface area contributed by atoms with Gasteiger partial charge < -0.3 is 5.32 Å². The standard InChI is InChI=1S/C11H23NO2S/c1-9-4-6-11(7-5-9)12-10(2)8-15(3,13)14/h9-12H,4-8H2,1-3H3. The fourth-order valence-electron chi connectivity index (χ4n) is 2.33. The minimum atomic E-state index is -2.85. The molecule has 0 aliphatic heterocycles. The first-order valence-corrected chi connectivity index (χ1v) is 7.86. The van der Waals surface area contributed by atoms with Crippen LogP contribution < -0.4 is 5.32 Å². The summed E-state index contributed by atoms with van der Waals surface area (Å²) in [7, 11) is -2.85. The molecule has 0 heterocycles. The highest BCUT2D eigenvalue weighted by Gasteiger charge is 2.20. The second kappa shape index (κ2) is 5.30. The molecule has 3 nitrogen and oxygen atoms in total. The van der Waals surface area contributed by atoms with Gasteiger partial charge in [0.15, 0.2) is 0 Å². The van der Waals surface area contributed by atoms with Crippen LogP contribution >= 0.6 is 0 Å². The highest BCUT2D eigenvalue weighted by molar-refractivity contribution is 7.90. The molecular weight excluding hydrogens is 210 g/mol. The molecular formula is C11H23NO2S. The first-order chi connectivity index (χ1) is 6.87. The Kier molecular flexibility index (Phi) is 4.59. The average molecular weight is 233 g/mol. The van der Waals surface area contributed by atoms with E-state index in [0.717, 1.165) is 5.92 Å². The lowest BCUT2D eigenvalue weighted by Gasteiger charge is -2.29. The maximum absolute atomic E-state index is 11.1. The largest absolute Gasteiger partial charge is 0.310 e. The number of nitrogens with one attached hydrogen (secondary N) is 1. The summed E-state index contributed by atoms with van der Waals surface area (Å²) >= 11 is 0. The minimum absolute atomic E-state index is 0.0819. The van der Waals surface area contributed by atoms with Crippen molar-refractivity contribution in [3.05, 3.63) is 0 Å². The zero-order valence-corrected chi connectivity index (χ0v) is 10.8. The second-order valence-corrected chi connectivity index (χ2v) is 7.30. The summed E-state index contributed by atoms with van der Waals surface area (Å²) in [6.45, 7) is 4.25. The maximum Gasteiger partial charge on any atom is 0.148 e. The molecule has 0 aromatic carbocycles. The van der Waals surface area contributed by atoms with Crippen LogP contribution in [-0.4, -0.2) is 32.5 Å². The van der Waals surface area contributed by atoms with Crippen LogP contribution in [0.5, 0.6) is 0 Å². The number of sulfone groups is 1. The molecule has 0 bridgehead atoms. The summed E-state index contributed by atoms with van der Waals surface area (Å²) in [6.07, 6.45) is 6.21. The zero-order chi connectivity index (χ0) is 11.5. The molecule has 1 aliphatic rings. The molecule has 1 saturated carbocycles. The van der Waals surface area contributed by atoms with Crippen LogP contribution in [0.2, 0.25) is 0 Å². The van der Waals surface area contributed by atoms with Gasteiger partial charge in [-0.2, -0.15) is 0 Å². The lowest BCUT2D eigenvalue weighted by molar-refractivity contribution is 0.295. The smallest absolute Gasteiger partial charge is 0.148 e. The van der Waals surface area contributed by atoms with Gasteiger partial charge in [0.25, 0.3) is 0 Å². The fourth-order valence-corrected chi connectivity index (χ4v) is 3.34. The molecule has 1 fully saturated rings. The molecule has 0 aromatic rings. The van der Waals surface area contributed by atoms with Gasteiger partial charge in [0.05, 0.1) is 5.75 Å². The Hall–Kier alpha value is -0.0900. The van der Waals surface area contributed by atoms with Crippen LogP contribution in [0.25, 0.3) is 0 Å². The Bertz CT molecular complexity index is 279. The predicted octanol–water partition coefficient (Wildman–Crippen LogP) is 1.59. The maximum atomic E-state index is 11.1. The molecule has 0 saturated heterocycles. The van der Waals surface area contributed by atoms with Crippen LogP contribution in [0, 0.1) is 5.92 Å². The van der Waals surface area contributed by atoms with Gasteiger partial charge in [-0.1, -0.05) is 6.92 Å². The Morgan fingerprint density at radius 3 is 2.27 bits per heavy atom. The number of rotatable bonds is 4. The quantitative estimate of drug-likeness (QED) is 0.802. The van der Waals surface area contributed by atoms with E-state index in [4.69, 9.17) is 0 Å². The van der Waals surface area contributed by atoms with Crippen molar-refractivity contribution in [2.24, 2.45) is 5.92 Å². The normalized spacial score (nSPS) is 30.1. The molecule has 90 valence electrons. The third-order valence-electron chi connectivity index (χ3n) is 3.09.